The molecular weight excluding hydrogens is 204 g/mol. The first kappa shape index (κ1) is 11.9. The van der Waals surface area contributed by atoms with E-state index in [0.29, 0.717) is 13.2 Å². The van der Waals surface area contributed by atoms with Crippen LogP contribution in [0.5, 0.6) is 0 Å². The van der Waals surface area contributed by atoms with Crippen molar-refractivity contribution in [3.8, 4) is 0 Å². The van der Waals surface area contributed by atoms with E-state index in [1.54, 1.807) is 0 Å². The Morgan fingerprint density at radius 2 is 2.19 bits per heavy atom. The Bertz CT molecular complexity index is 278. The maximum atomic E-state index is 12.3. The summed E-state index contributed by atoms with van der Waals surface area (Å²) in [4.78, 5) is 14.3. The standard InChI is InChI=1S/C12H22N2O2/c1-12(2)4-5-14(8-12)11(15)9-6-16-7-10(9)13-3/h9-10,13H,4-8H2,1-3H3. The number of ether oxygens (including phenoxy) is 1. The number of likely N-dealkylation sites (N-methyl/N-ethyl adjacent to an activating group) is 1. The van der Waals surface area contributed by atoms with Crippen molar-refractivity contribution in [3.05, 3.63) is 0 Å². The third-order valence-corrected chi connectivity index (χ3v) is 3.76. The van der Waals surface area contributed by atoms with E-state index in [1.807, 2.05) is 11.9 Å². The Balaban J connectivity index is 1.97. The van der Waals surface area contributed by atoms with Crippen LogP contribution in [0.1, 0.15) is 20.3 Å². The molecule has 16 heavy (non-hydrogen) atoms. The second-order valence-electron chi connectivity index (χ2n) is 5.71. The second kappa shape index (κ2) is 4.34. The lowest BCUT2D eigenvalue weighted by molar-refractivity contribution is -0.135. The van der Waals surface area contributed by atoms with Crippen molar-refractivity contribution in [2.75, 3.05) is 33.4 Å². The lowest BCUT2D eigenvalue weighted by Gasteiger charge is -2.24. The highest BCUT2D eigenvalue weighted by Crippen LogP contribution is 2.30. The SMILES string of the molecule is CNC1COCC1C(=O)N1CCC(C)(C)C1. The second-order valence-corrected chi connectivity index (χ2v) is 5.71. The molecule has 0 bridgehead atoms. The lowest BCUT2D eigenvalue weighted by Crippen LogP contribution is -2.44. The predicted molar refractivity (Wildman–Crippen MR) is 62.1 cm³/mol. The number of likely N-dealkylation sites (tertiary alicyclic amines) is 1. The molecule has 4 heteroatoms. The number of nitrogens with zero attached hydrogens (tertiary/aromatic N) is 1. The van der Waals surface area contributed by atoms with E-state index in [2.05, 4.69) is 19.2 Å². The van der Waals surface area contributed by atoms with Crippen molar-refractivity contribution in [1.29, 1.82) is 0 Å². The Morgan fingerprint density at radius 3 is 2.75 bits per heavy atom. The van der Waals surface area contributed by atoms with Crippen molar-refractivity contribution in [3.63, 3.8) is 0 Å². The molecule has 1 N–H and O–H groups in total. The van der Waals surface area contributed by atoms with Crippen LogP contribution in [-0.4, -0.2) is 50.2 Å². The van der Waals surface area contributed by atoms with E-state index < -0.39 is 0 Å². The third kappa shape index (κ3) is 2.23. The largest absolute Gasteiger partial charge is 0.379 e. The molecule has 1 amide bonds. The number of nitrogens with one attached hydrogen (secondary N) is 1. The van der Waals surface area contributed by atoms with Crippen LogP contribution in [-0.2, 0) is 9.53 Å². The van der Waals surface area contributed by atoms with Gasteiger partial charge in [0.25, 0.3) is 0 Å². The normalized spacial score (nSPS) is 33.3. The number of carbonyl (C=O) groups excluding carboxylic acids is 1. The molecule has 2 atom stereocenters. The van der Waals surface area contributed by atoms with Crippen LogP contribution >= 0.6 is 0 Å². The topological polar surface area (TPSA) is 41.6 Å². The summed E-state index contributed by atoms with van der Waals surface area (Å²) >= 11 is 0. The van der Waals surface area contributed by atoms with Gasteiger partial charge in [0.1, 0.15) is 0 Å². The molecule has 92 valence electrons. The number of hydrogen-bond donors (Lipinski definition) is 1. The minimum absolute atomic E-state index is 0.0129. The molecule has 0 radical (unpaired) electrons. The van der Waals surface area contributed by atoms with Gasteiger partial charge in [0, 0.05) is 19.1 Å². The molecule has 2 aliphatic rings. The summed E-state index contributed by atoms with van der Waals surface area (Å²) in [5, 5.41) is 3.17. The summed E-state index contributed by atoms with van der Waals surface area (Å²) in [5.74, 6) is 0.279. The summed E-state index contributed by atoms with van der Waals surface area (Å²) in [6.45, 7) is 7.46. The number of rotatable bonds is 2. The Morgan fingerprint density at radius 1 is 1.44 bits per heavy atom. The van der Waals surface area contributed by atoms with Gasteiger partial charge >= 0.3 is 0 Å². The van der Waals surface area contributed by atoms with Crippen LogP contribution in [0.25, 0.3) is 0 Å². The van der Waals surface area contributed by atoms with Gasteiger partial charge in [-0.1, -0.05) is 13.8 Å². The minimum atomic E-state index is 0.0129. The maximum absolute atomic E-state index is 12.3. The molecule has 2 heterocycles. The lowest BCUT2D eigenvalue weighted by atomic mass is 9.93. The smallest absolute Gasteiger partial charge is 0.229 e. The quantitative estimate of drug-likeness (QED) is 0.744. The van der Waals surface area contributed by atoms with E-state index in [0.717, 1.165) is 19.5 Å². The van der Waals surface area contributed by atoms with E-state index in [4.69, 9.17) is 4.74 Å². The van der Waals surface area contributed by atoms with Crippen LogP contribution in [0.2, 0.25) is 0 Å². The van der Waals surface area contributed by atoms with Crippen LogP contribution in [0.4, 0.5) is 0 Å². The van der Waals surface area contributed by atoms with Crippen LogP contribution < -0.4 is 5.32 Å². The van der Waals surface area contributed by atoms with E-state index >= 15 is 0 Å². The molecule has 0 spiro atoms. The monoisotopic (exact) mass is 226 g/mol. The van der Waals surface area contributed by atoms with E-state index in [1.165, 1.54) is 0 Å². The molecule has 2 rings (SSSR count). The van der Waals surface area contributed by atoms with Crippen molar-refractivity contribution < 1.29 is 9.53 Å². The molecule has 0 aliphatic carbocycles. The number of carbonyl (C=O) groups is 1. The molecule has 2 unspecified atom stereocenters. The van der Waals surface area contributed by atoms with E-state index in [9.17, 15) is 4.79 Å². The molecule has 0 saturated carbocycles. The Labute approximate surface area is 97.3 Å². The van der Waals surface area contributed by atoms with Gasteiger partial charge in [-0.2, -0.15) is 0 Å². The van der Waals surface area contributed by atoms with E-state index in [-0.39, 0.29) is 23.3 Å². The van der Waals surface area contributed by atoms with Crippen LogP contribution in [0.3, 0.4) is 0 Å². The molecule has 2 saturated heterocycles. The van der Waals surface area contributed by atoms with Crippen LogP contribution in [0, 0.1) is 11.3 Å². The average molecular weight is 226 g/mol. The van der Waals surface area contributed by atoms with Gasteiger partial charge in [-0.15, -0.1) is 0 Å². The molecule has 4 nitrogen and oxygen atoms in total. The van der Waals surface area contributed by atoms with Crippen molar-refractivity contribution >= 4 is 5.91 Å². The highest BCUT2D eigenvalue weighted by Gasteiger charge is 2.39. The van der Waals surface area contributed by atoms with Gasteiger partial charge in [-0.25, -0.2) is 0 Å². The fourth-order valence-corrected chi connectivity index (χ4v) is 2.62. The minimum Gasteiger partial charge on any atom is -0.379 e. The summed E-state index contributed by atoms with van der Waals surface area (Å²) in [6.07, 6.45) is 1.11. The molecule has 2 fully saturated rings. The molecule has 0 aromatic carbocycles. The van der Waals surface area contributed by atoms with Gasteiger partial charge in [-0.3, -0.25) is 4.79 Å². The zero-order valence-electron chi connectivity index (χ0n) is 10.5. The predicted octanol–water partition coefficient (Wildman–Crippen LogP) is 0.479. The fourth-order valence-electron chi connectivity index (χ4n) is 2.62. The molecular formula is C12H22N2O2. The highest BCUT2D eigenvalue weighted by molar-refractivity contribution is 5.80. The van der Waals surface area contributed by atoms with Crippen molar-refractivity contribution in [2.24, 2.45) is 11.3 Å². The summed E-state index contributed by atoms with van der Waals surface area (Å²) in [5.41, 5.74) is 0.282. The zero-order chi connectivity index (χ0) is 11.8. The maximum Gasteiger partial charge on any atom is 0.229 e. The summed E-state index contributed by atoms with van der Waals surface area (Å²) in [7, 11) is 1.90. The highest BCUT2D eigenvalue weighted by atomic mass is 16.5. The Kier molecular flexibility index (Phi) is 3.22. The van der Waals surface area contributed by atoms with Gasteiger partial charge in [0.05, 0.1) is 19.1 Å². The number of hydrogen-bond acceptors (Lipinski definition) is 3. The molecule has 0 aromatic rings. The molecule has 0 aromatic heterocycles. The first-order valence-corrected chi connectivity index (χ1v) is 6.07. The van der Waals surface area contributed by atoms with Crippen LogP contribution in [0.15, 0.2) is 0 Å². The molecule has 2 aliphatic heterocycles. The Hall–Kier alpha value is -0.610. The van der Waals surface area contributed by atoms with Gasteiger partial charge in [0.2, 0.25) is 5.91 Å². The number of amides is 1. The zero-order valence-corrected chi connectivity index (χ0v) is 10.5. The van der Waals surface area contributed by atoms with Gasteiger partial charge in [0.15, 0.2) is 0 Å². The van der Waals surface area contributed by atoms with Crippen molar-refractivity contribution in [2.45, 2.75) is 26.3 Å². The fraction of sp³-hybridized carbons (Fsp3) is 0.917. The first-order chi connectivity index (χ1) is 7.53. The van der Waals surface area contributed by atoms with Crippen molar-refractivity contribution in [1.82, 2.24) is 10.2 Å². The third-order valence-electron chi connectivity index (χ3n) is 3.76. The first-order valence-electron chi connectivity index (χ1n) is 6.07. The van der Waals surface area contributed by atoms with Gasteiger partial charge < -0.3 is 15.0 Å². The van der Waals surface area contributed by atoms with Gasteiger partial charge in [-0.05, 0) is 18.9 Å². The summed E-state index contributed by atoms with van der Waals surface area (Å²) in [6, 6.07) is 0.191. The summed E-state index contributed by atoms with van der Waals surface area (Å²) < 4.78 is 5.38. The average Bonchev–Trinajstić information content (AvgIpc) is 2.82.